The van der Waals surface area contributed by atoms with Crippen LogP contribution < -0.4 is 4.74 Å². The fraction of sp³-hybridized carbons (Fsp3) is 0.625. The molecule has 4 nitrogen and oxygen atoms in total. The highest BCUT2D eigenvalue weighted by Gasteiger charge is 2.40. The molecule has 3 rings (SSSR count). The summed E-state index contributed by atoms with van der Waals surface area (Å²) in [6, 6.07) is 5.76. The number of aliphatic hydroxyl groups is 1. The topological polar surface area (TPSA) is 47.9 Å². The van der Waals surface area contributed by atoms with Crippen molar-refractivity contribution in [2.45, 2.75) is 44.0 Å². The Bertz CT molecular complexity index is 480. The maximum atomic E-state index is 9.47. The zero-order chi connectivity index (χ0) is 14.7. The van der Waals surface area contributed by atoms with Gasteiger partial charge in [-0.1, -0.05) is 15.9 Å². The molecule has 21 heavy (non-hydrogen) atoms. The Hall–Kier alpha value is -0.620. The van der Waals surface area contributed by atoms with Gasteiger partial charge in [0.25, 0.3) is 0 Å². The molecular formula is C16H21BrO4. The number of aliphatic hydroxyl groups excluding tert-OH is 1. The molecule has 0 aliphatic carbocycles. The third-order valence-electron chi connectivity index (χ3n) is 4.34. The quantitative estimate of drug-likeness (QED) is 0.903. The molecule has 5 heteroatoms. The van der Waals surface area contributed by atoms with Gasteiger partial charge in [-0.15, -0.1) is 0 Å². The van der Waals surface area contributed by atoms with E-state index in [1.54, 1.807) is 0 Å². The van der Waals surface area contributed by atoms with Crippen LogP contribution in [-0.4, -0.2) is 36.6 Å². The third kappa shape index (κ3) is 3.59. The number of benzene rings is 1. The van der Waals surface area contributed by atoms with E-state index >= 15 is 0 Å². The summed E-state index contributed by atoms with van der Waals surface area (Å²) in [5.74, 6) is 0.773. The van der Waals surface area contributed by atoms with E-state index in [1.165, 1.54) is 0 Å². The van der Waals surface area contributed by atoms with E-state index in [1.807, 2.05) is 18.2 Å². The molecule has 0 amide bonds. The highest BCUT2D eigenvalue weighted by Crippen LogP contribution is 2.36. The van der Waals surface area contributed by atoms with Gasteiger partial charge in [-0.25, -0.2) is 0 Å². The van der Waals surface area contributed by atoms with Gasteiger partial charge in [0.2, 0.25) is 0 Å². The van der Waals surface area contributed by atoms with Crippen molar-refractivity contribution >= 4 is 15.9 Å². The van der Waals surface area contributed by atoms with Crippen molar-refractivity contribution < 1.29 is 19.3 Å². The number of halogens is 1. The van der Waals surface area contributed by atoms with E-state index in [2.05, 4.69) is 15.9 Å². The van der Waals surface area contributed by atoms with Crippen LogP contribution in [0.3, 0.4) is 0 Å². The molecule has 2 saturated heterocycles. The van der Waals surface area contributed by atoms with Crippen LogP contribution in [0.25, 0.3) is 0 Å². The lowest BCUT2D eigenvalue weighted by atomic mass is 9.85. The first-order valence-electron chi connectivity index (χ1n) is 7.48. The van der Waals surface area contributed by atoms with E-state index in [9.17, 15) is 5.11 Å². The van der Waals surface area contributed by atoms with Crippen LogP contribution in [0.5, 0.6) is 5.75 Å². The molecule has 0 radical (unpaired) electrons. The average molecular weight is 357 g/mol. The first kappa shape index (κ1) is 15.3. The van der Waals surface area contributed by atoms with Gasteiger partial charge in [0.15, 0.2) is 0 Å². The van der Waals surface area contributed by atoms with E-state index in [0.717, 1.165) is 61.3 Å². The summed E-state index contributed by atoms with van der Waals surface area (Å²) in [5, 5.41) is 9.47. The Morgan fingerprint density at radius 1 is 1.29 bits per heavy atom. The Morgan fingerprint density at radius 3 is 2.86 bits per heavy atom. The molecule has 2 aliphatic heterocycles. The molecule has 2 aliphatic rings. The maximum Gasteiger partial charge on any atom is 0.125 e. The second-order valence-corrected chi connectivity index (χ2v) is 6.70. The lowest BCUT2D eigenvalue weighted by molar-refractivity contribution is -0.155. The summed E-state index contributed by atoms with van der Waals surface area (Å²) in [5.41, 5.74) is 0.743. The molecular weight excluding hydrogens is 336 g/mol. The van der Waals surface area contributed by atoms with Gasteiger partial charge in [0, 0.05) is 36.1 Å². The van der Waals surface area contributed by atoms with Gasteiger partial charge in [-0.2, -0.15) is 0 Å². The first-order chi connectivity index (χ1) is 10.2. The number of hydrogen-bond acceptors (Lipinski definition) is 4. The minimum Gasteiger partial charge on any atom is -0.490 e. The maximum absolute atomic E-state index is 9.47. The van der Waals surface area contributed by atoms with E-state index < -0.39 is 0 Å². The predicted octanol–water partition coefficient (Wildman–Crippen LogP) is 3.05. The minimum atomic E-state index is -0.0735. The van der Waals surface area contributed by atoms with E-state index in [4.69, 9.17) is 14.2 Å². The van der Waals surface area contributed by atoms with Crippen molar-refractivity contribution in [2.75, 3.05) is 19.8 Å². The lowest BCUT2D eigenvalue weighted by Gasteiger charge is -2.43. The Balaban J connectivity index is 1.70. The fourth-order valence-corrected chi connectivity index (χ4v) is 3.55. The molecule has 1 N–H and O–H groups in total. The fourth-order valence-electron chi connectivity index (χ4n) is 3.14. The van der Waals surface area contributed by atoms with Gasteiger partial charge < -0.3 is 19.3 Å². The van der Waals surface area contributed by atoms with Crippen LogP contribution in [0, 0.1) is 0 Å². The van der Waals surface area contributed by atoms with Crippen LogP contribution >= 0.6 is 15.9 Å². The number of rotatable bonds is 3. The van der Waals surface area contributed by atoms with Gasteiger partial charge in [-0.05, 0) is 31.0 Å². The van der Waals surface area contributed by atoms with Crippen LogP contribution in [0.15, 0.2) is 22.7 Å². The second kappa shape index (κ2) is 6.65. The van der Waals surface area contributed by atoms with Crippen molar-refractivity contribution in [2.24, 2.45) is 0 Å². The summed E-state index contributed by atoms with van der Waals surface area (Å²) < 4.78 is 18.6. The molecule has 0 bridgehead atoms. The predicted molar refractivity (Wildman–Crippen MR) is 82.5 cm³/mol. The monoisotopic (exact) mass is 356 g/mol. The van der Waals surface area contributed by atoms with Crippen molar-refractivity contribution in [3.8, 4) is 5.75 Å². The molecule has 2 fully saturated rings. The highest BCUT2D eigenvalue weighted by atomic mass is 79.9. The molecule has 0 saturated carbocycles. The first-order valence-corrected chi connectivity index (χ1v) is 8.28. The van der Waals surface area contributed by atoms with Crippen LogP contribution in [-0.2, 0) is 16.1 Å². The van der Waals surface area contributed by atoms with E-state index in [0.29, 0.717) is 0 Å². The van der Waals surface area contributed by atoms with Gasteiger partial charge >= 0.3 is 0 Å². The van der Waals surface area contributed by atoms with Crippen LogP contribution in [0.2, 0.25) is 0 Å². The molecule has 1 aromatic carbocycles. The molecule has 1 spiro atoms. The molecule has 1 aromatic rings. The van der Waals surface area contributed by atoms with Gasteiger partial charge in [-0.3, -0.25) is 0 Å². The summed E-state index contributed by atoms with van der Waals surface area (Å²) in [6.45, 7) is 2.26. The van der Waals surface area contributed by atoms with Crippen molar-refractivity contribution in [1.82, 2.24) is 0 Å². The normalized spacial score (nSPS) is 25.0. The molecule has 1 unspecified atom stereocenters. The number of ether oxygens (including phenoxy) is 3. The van der Waals surface area contributed by atoms with Crippen molar-refractivity contribution in [3.05, 3.63) is 28.2 Å². The van der Waals surface area contributed by atoms with Crippen LogP contribution in [0.1, 0.15) is 31.2 Å². The Kier molecular flexibility index (Phi) is 4.84. The largest absolute Gasteiger partial charge is 0.490 e. The smallest absolute Gasteiger partial charge is 0.125 e. The molecule has 0 aromatic heterocycles. The van der Waals surface area contributed by atoms with Crippen molar-refractivity contribution in [3.63, 3.8) is 0 Å². The molecule has 2 heterocycles. The molecule has 1 atom stereocenters. The SMILES string of the molecule is OCc1cc(Br)ccc1OC1CCOC2(CCOCC2)C1. The van der Waals surface area contributed by atoms with Gasteiger partial charge in [0.1, 0.15) is 11.9 Å². The lowest BCUT2D eigenvalue weighted by Crippen LogP contribution is -2.47. The summed E-state index contributed by atoms with van der Waals surface area (Å²) in [6.07, 6.45) is 3.82. The summed E-state index contributed by atoms with van der Waals surface area (Å²) in [4.78, 5) is 0. The number of hydrogen-bond donors (Lipinski definition) is 1. The van der Waals surface area contributed by atoms with E-state index in [-0.39, 0.29) is 18.3 Å². The molecule has 116 valence electrons. The summed E-state index contributed by atoms with van der Waals surface area (Å²) >= 11 is 3.42. The second-order valence-electron chi connectivity index (χ2n) is 5.79. The van der Waals surface area contributed by atoms with Crippen molar-refractivity contribution in [1.29, 1.82) is 0 Å². The zero-order valence-corrected chi connectivity index (χ0v) is 13.6. The Labute approximate surface area is 133 Å². The van der Waals surface area contributed by atoms with Crippen LogP contribution in [0.4, 0.5) is 0 Å². The minimum absolute atomic E-state index is 0.0169. The summed E-state index contributed by atoms with van der Waals surface area (Å²) in [7, 11) is 0. The average Bonchev–Trinajstić information content (AvgIpc) is 2.50. The highest BCUT2D eigenvalue weighted by molar-refractivity contribution is 9.10. The van der Waals surface area contributed by atoms with Gasteiger partial charge in [0.05, 0.1) is 18.8 Å². The third-order valence-corrected chi connectivity index (χ3v) is 4.83. The zero-order valence-electron chi connectivity index (χ0n) is 12.0. The standard InChI is InChI=1S/C16H21BrO4/c17-13-1-2-15(12(9-13)11-18)21-14-3-6-20-16(10-14)4-7-19-8-5-16/h1-2,9,14,18H,3-8,10-11H2. The Morgan fingerprint density at radius 2 is 2.10 bits per heavy atom.